The quantitative estimate of drug-likeness (QED) is 0.616. The lowest BCUT2D eigenvalue weighted by molar-refractivity contribution is 0.0164. The minimum Gasteiger partial charge on any atom is -0.392 e. The molecule has 0 bridgehead atoms. The van der Waals surface area contributed by atoms with E-state index in [1.807, 2.05) is 0 Å². The van der Waals surface area contributed by atoms with E-state index in [9.17, 15) is 5.11 Å². The second kappa shape index (κ2) is 3.55. The summed E-state index contributed by atoms with van der Waals surface area (Å²) in [6, 6.07) is 0.581. The Hall–Kier alpha value is -0.0800. The van der Waals surface area contributed by atoms with Gasteiger partial charge in [0.05, 0.1) is 6.10 Å². The minimum atomic E-state index is -0.105. The molecule has 1 heterocycles. The van der Waals surface area contributed by atoms with Crippen LogP contribution >= 0.6 is 0 Å². The van der Waals surface area contributed by atoms with Crippen molar-refractivity contribution in [2.24, 2.45) is 5.92 Å². The third kappa shape index (κ3) is 2.17. The highest BCUT2D eigenvalue weighted by atomic mass is 16.3. The molecule has 11 heavy (non-hydrogen) atoms. The average molecular weight is 157 g/mol. The third-order valence-corrected chi connectivity index (χ3v) is 2.68. The predicted octanol–water partition coefficient (Wildman–Crippen LogP) is 1.10. The van der Waals surface area contributed by atoms with Crippen molar-refractivity contribution >= 4 is 0 Å². The SMILES string of the molecule is CC(C)N1CC[C@@H](C)[C@H](O)C1. The van der Waals surface area contributed by atoms with E-state index in [0.717, 1.165) is 19.5 Å². The van der Waals surface area contributed by atoms with Gasteiger partial charge in [-0.1, -0.05) is 6.92 Å². The van der Waals surface area contributed by atoms with Gasteiger partial charge in [-0.2, -0.15) is 0 Å². The first-order chi connectivity index (χ1) is 5.11. The number of aliphatic hydroxyl groups is 1. The van der Waals surface area contributed by atoms with E-state index in [1.165, 1.54) is 0 Å². The molecule has 2 nitrogen and oxygen atoms in total. The van der Waals surface area contributed by atoms with E-state index in [1.54, 1.807) is 0 Å². The van der Waals surface area contributed by atoms with Gasteiger partial charge in [0, 0.05) is 12.6 Å². The predicted molar refractivity (Wildman–Crippen MR) is 46.5 cm³/mol. The highest BCUT2D eigenvalue weighted by molar-refractivity contribution is 4.78. The minimum absolute atomic E-state index is 0.105. The fraction of sp³-hybridized carbons (Fsp3) is 1.00. The van der Waals surface area contributed by atoms with Crippen molar-refractivity contribution in [2.75, 3.05) is 13.1 Å². The summed E-state index contributed by atoms with van der Waals surface area (Å²) in [5, 5.41) is 9.56. The zero-order chi connectivity index (χ0) is 8.43. The lowest BCUT2D eigenvalue weighted by atomic mass is 9.95. The van der Waals surface area contributed by atoms with E-state index >= 15 is 0 Å². The summed E-state index contributed by atoms with van der Waals surface area (Å²) in [6.45, 7) is 8.50. The maximum Gasteiger partial charge on any atom is 0.0693 e. The molecule has 1 rings (SSSR count). The van der Waals surface area contributed by atoms with Crippen LogP contribution in [-0.2, 0) is 0 Å². The van der Waals surface area contributed by atoms with Crippen molar-refractivity contribution < 1.29 is 5.11 Å². The molecule has 0 aromatic carbocycles. The zero-order valence-electron chi connectivity index (χ0n) is 7.75. The van der Waals surface area contributed by atoms with Crippen LogP contribution in [0.2, 0.25) is 0 Å². The van der Waals surface area contributed by atoms with Gasteiger partial charge in [0.15, 0.2) is 0 Å². The van der Waals surface area contributed by atoms with Crippen LogP contribution in [0.3, 0.4) is 0 Å². The van der Waals surface area contributed by atoms with Gasteiger partial charge in [-0.05, 0) is 32.7 Å². The third-order valence-electron chi connectivity index (χ3n) is 2.68. The molecule has 0 saturated carbocycles. The van der Waals surface area contributed by atoms with Crippen molar-refractivity contribution in [3.05, 3.63) is 0 Å². The van der Waals surface area contributed by atoms with Crippen molar-refractivity contribution in [1.29, 1.82) is 0 Å². The molecule has 0 amide bonds. The average Bonchev–Trinajstić information content (AvgIpc) is 1.94. The summed E-state index contributed by atoms with van der Waals surface area (Å²) >= 11 is 0. The molecule has 1 aliphatic rings. The van der Waals surface area contributed by atoms with Crippen LogP contribution in [0.15, 0.2) is 0 Å². The lowest BCUT2D eigenvalue weighted by Crippen LogP contribution is -2.45. The van der Waals surface area contributed by atoms with Gasteiger partial charge in [-0.25, -0.2) is 0 Å². The molecule has 1 N–H and O–H groups in total. The summed E-state index contributed by atoms with van der Waals surface area (Å²) in [4.78, 5) is 2.34. The molecule has 1 saturated heterocycles. The first-order valence-corrected chi connectivity index (χ1v) is 4.53. The van der Waals surface area contributed by atoms with Gasteiger partial charge in [0.25, 0.3) is 0 Å². The highest BCUT2D eigenvalue weighted by Gasteiger charge is 2.25. The maximum atomic E-state index is 9.56. The van der Waals surface area contributed by atoms with Gasteiger partial charge in [0.1, 0.15) is 0 Å². The molecule has 1 fully saturated rings. The van der Waals surface area contributed by atoms with Crippen LogP contribution in [0.1, 0.15) is 27.2 Å². The van der Waals surface area contributed by atoms with E-state index in [2.05, 4.69) is 25.7 Å². The Balaban J connectivity index is 2.40. The van der Waals surface area contributed by atoms with Crippen LogP contribution in [0.5, 0.6) is 0 Å². The Bertz CT molecular complexity index is 125. The monoisotopic (exact) mass is 157 g/mol. The molecular weight excluding hydrogens is 138 g/mol. The number of nitrogens with zero attached hydrogens (tertiary/aromatic N) is 1. The lowest BCUT2D eigenvalue weighted by Gasteiger charge is -2.36. The summed E-state index contributed by atoms with van der Waals surface area (Å²) in [5.41, 5.74) is 0. The first kappa shape index (κ1) is 9.01. The highest BCUT2D eigenvalue weighted by Crippen LogP contribution is 2.18. The summed E-state index contributed by atoms with van der Waals surface area (Å²) < 4.78 is 0. The fourth-order valence-electron chi connectivity index (χ4n) is 1.54. The zero-order valence-corrected chi connectivity index (χ0v) is 7.75. The van der Waals surface area contributed by atoms with Crippen molar-refractivity contribution in [1.82, 2.24) is 4.90 Å². The number of piperidine rings is 1. The second-order valence-corrected chi connectivity index (χ2v) is 3.92. The van der Waals surface area contributed by atoms with E-state index in [0.29, 0.717) is 12.0 Å². The molecule has 66 valence electrons. The molecule has 0 unspecified atom stereocenters. The van der Waals surface area contributed by atoms with Crippen LogP contribution in [-0.4, -0.2) is 35.2 Å². The number of β-amino-alcohol motifs (C(OH)–C–C–N with tert-alkyl or cyclic N) is 1. The number of likely N-dealkylation sites (tertiary alicyclic amines) is 1. The second-order valence-electron chi connectivity index (χ2n) is 3.92. The molecule has 0 aromatic heterocycles. The molecule has 2 heteroatoms. The molecule has 0 aromatic rings. The van der Waals surface area contributed by atoms with Gasteiger partial charge >= 0.3 is 0 Å². The summed E-state index contributed by atoms with van der Waals surface area (Å²) in [5.74, 6) is 0.491. The largest absolute Gasteiger partial charge is 0.392 e. The normalized spacial score (nSPS) is 34.6. The molecule has 0 radical (unpaired) electrons. The van der Waals surface area contributed by atoms with Gasteiger partial charge in [0.2, 0.25) is 0 Å². The fourth-order valence-corrected chi connectivity index (χ4v) is 1.54. The maximum absolute atomic E-state index is 9.56. The van der Waals surface area contributed by atoms with Crippen LogP contribution in [0.25, 0.3) is 0 Å². The Labute approximate surface area is 69.2 Å². The number of hydrogen-bond donors (Lipinski definition) is 1. The van der Waals surface area contributed by atoms with Crippen LogP contribution < -0.4 is 0 Å². The van der Waals surface area contributed by atoms with Crippen molar-refractivity contribution in [3.63, 3.8) is 0 Å². The van der Waals surface area contributed by atoms with Crippen LogP contribution in [0, 0.1) is 5.92 Å². The summed E-state index contributed by atoms with van der Waals surface area (Å²) in [7, 11) is 0. The standard InChI is InChI=1S/C9H19NO/c1-7(2)10-5-4-8(3)9(11)6-10/h7-9,11H,4-6H2,1-3H3/t8-,9-/m1/s1. The first-order valence-electron chi connectivity index (χ1n) is 4.53. The van der Waals surface area contributed by atoms with E-state index in [4.69, 9.17) is 0 Å². The van der Waals surface area contributed by atoms with Crippen molar-refractivity contribution in [3.8, 4) is 0 Å². The molecule has 1 aliphatic heterocycles. The molecule has 2 atom stereocenters. The number of aliphatic hydroxyl groups excluding tert-OH is 1. The van der Waals surface area contributed by atoms with Crippen LogP contribution in [0.4, 0.5) is 0 Å². The van der Waals surface area contributed by atoms with E-state index in [-0.39, 0.29) is 6.10 Å². The number of hydrogen-bond acceptors (Lipinski definition) is 2. The van der Waals surface area contributed by atoms with E-state index < -0.39 is 0 Å². The molecular formula is C9H19NO. The Morgan fingerprint density at radius 3 is 2.55 bits per heavy atom. The molecule has 0 spiro atoms. The van der Waals surface area contributed by atoms with Gasteiger partial charge in [-0.15, -0.1) is 0 Å². The Kier molecular flexibility index (Phi) is 2.90. The Morgan fingerprint density at radius 1 is 1.45 bits per heavy atom. The number of rotatable bonds is 1. The summed E-state index contributed by atoms with van der Waals surface area (Å²) in [6.07, 6.45) is 1.03. The topological polar surface area (TPSA) is 23.5 Å². The smallest absolute Gasteiger partial charge is 0.0693 e. The van der Waals surface area contributed by atoms with Crippen molar-refractivity contribution in [2.45, 2.75) is 39.3 Å². The van der Waals surface area contributed by atoms with Gasteiger partial charge in [-0.3, -0.25) is 4.90 Å². The Morgan fingerprint density at radius 2 is 2.09 bits per heavy atom. The van der Waals surface area contributed by atoms with Gasteiger partial charge < -0.3 is 5.11 Å². The molecule has 0 aliphatic carbocycles.